The lowest BCUT2D eigenvalue weighted by Crippen LogP contribution is -2.57. The minimum Gasteiger partial charge on any atom is -0.375 e. The zero-order valence-corrected chi connectivity index (χ0v) is 25.3. The fraction of sp³-hybridized carbons (Fsp3) is 0.593. The molecular formula is C27H41IN4O4S. The molecule has 0 saturated carbocycles. The third kappa shape index (κ3) is 10.9. The molecule has 2 unspecified atom stereocenters. The predicted octanol–water partition coefficient (Wildman–Crippen LogP) is 2.50. The van der Waals surface area contributed by atoms with Crippen molar-refractivity contribution in [2.75, 3.05) is 18.1 Å². The Morgan fingerprint density at radius 2 is 1.81 bits per heavy atom. The van der Waals surface area contributed by atoms with Gasteiger partial charge >= 0.3 is 0 Å². The van der Waals surface area contributed by atoms with Crippen LogP contribution in [-0.2, 0) is 20.8 Å². The molecule has 0 aromatic heterocycles. The maximum atomic E-state index is 13.3. The standard InChI is InChI=1S/C27H41IN4O4S/c1-16(2)24(32-25(34)19(5)21-9-7-20(8-10-21)14-17(3)28)27(36)31-22-15-37-13-12-29-23(33)11-6-18(4)30-26(22)35/h6-11,16-19,22-24,29,33H,12-15H2,1-5H3,(H,30,35)(H,31,36)(H,32,34)/b11-6+/t17?,18-,19-,22-,23?,24-/m0/s1. The van der Waals surface area contributed by atoms with Crippen molar-refractivity contribution in [3.8, 4) is 0 Å². The number of carbonyl (C=O) groups excluding carboxylic acids is 3. The van der Waals surface area contributed by atoms with Crippen LogP contribution in [0.5, 0.6) is 0 Å². The first-order chi connectivity index (χ1) is 17.5. The van der Waals surface area contributed by atoms with Gasteiger partial charge in [-0.05, 0) is 43.4 Å². The molecule has 1 aliphatic rings. The monoisotopic (exact) mass is 644 g/mol. The van der Waals surface area contributed by atoms with Crippen LogP contribution in [0.4, 0.5) is 0 Å². The van der Waals surface area contributed by atoms with Crippen molar-refractivity contribution in [3.05, 3.63) is 47.5 Å². The van der Waals surface area contributed by atoms with Crippen LogP contribution in [0.2, 0.25) is 0 Å². The van der Waals surface area contributed by atoms with Crippen LogP contribution in [0, 0.1) is 5.92 Å². The van der Waals surface area contributed by atoms with Crippen molar-refractivity contribution in [2.24, 2.45) is 5.92 Å². The summed E-state index contributed by atoms with van der Waals surface area (Å²) < 4.78 is 0.528. The van der Waals surface area contributed by atoms with Gasteiger partial charge in [0.25, 0.3) is 0 Å². The number of halogens is 1. The van der Waals surface area contributed by atoms with E-state index in [0.717, 1.165) is 12.0 Å². The van der Waals surface area contributed by atoms with Crippen LogP contribution in [0.25, 0.3) is 0 Å². The Kier molecular flexibility index (Phi) is 13.4. The number of hydrogen-bond donors (Lipinski definition) is 5. The molecule has 0 aliphatic carbocycles. The summed E-state index contributed by atoms with van der Waals surface area (Å²) in [6.45, 7) is 10.1. The van der Waals surface area contributed by atoms with Crippen molar-refractivity contribution in [1.29, 1.82) is 0 Å². The summed E-state index contributed by atoms with van der Waals surface area (Å²) in [5, 5.41) is 21.5. The molecular weight excluding hydrogens is 603 g/mol. The smallest absolute Gasteiger partial charge is 0.243 e. The highest BCUT2D eigenvalue weighted by atomic mass is 127. The van der Waals surface area contributed by atoms with Gasteiger partial charge in [-0.3, -0.25) is 19.7 Å². The Hall–Kier alpha value is -1.63. The number of carbonyl (C=O) groups is 3. The number of hydrogen-bond acceptors (Lipinski definition) is 6. The van der Waals surface area contributed by atoms with E-state index >= 15 is 0 Å². The fourth-order valence-corrected chi connectivity index (χ4v) is 5.28. The molecule has 0 radical (unpaired) electrons. The van der Waals surface area contributed by atoms with Gasteiger partial charge in [0.2, 0.25) is 17.7 Å². The van der Waals surface area contributed by atoms with Crippen molar-refractivity contribution in [2.45, 2.75) is 75.2 Å². The lowest BCUT2D eigenvalue weighted by atomic mass is 9.96. The first-order valence-corrected chi connectivity index (χ1v) is 15.2. The maximum Gasteiger partial charge on any atom is 0.243 e. The van der Waals surface area contributed by atoms with E-state index in [1.54, 1.807) is 19.1 Å². The fourth-order valence-electron chi connectivity index (χ4n) is 3.87. The van der Waals surface area contributed by atoms with Gasteiger partial charge in [0.05, 0.1) is 5.92 Å². The molecule has 37 heavy (non-hydrogen) atoms. The van der Waals surface area contributed by atoms with Crippen LogP contribution in [0.3, 0.4) is 0 Å². The number of nitrogens with one attached hydrogen (secondary N) is 4. The molecule has 1 aromatic carbocycles. The number of benzene rings is 1. The maximum absolute atomic E-state index is 13.3. The zero-order valence-electron chi connectivity index (χ0n) is 22.3. The summed E-state index contributed by atoms with van der Waals surface area (Å²) in [5.74, 6) is -0.463. The van der Waals surface area contributed by atoms with Gasteiger partial charge in [0, 0.05) is 28.0 Å². The second-order valence-electron chi connectivity index (χ2n) is 9.90. The first kappa shape index (κ1) is 31.6. The van der Waals surface area contributed by atoms with E-state index in [1.165, 1.54) is 17.3 Å². The molecule has 10 heteroatoms. The van der Waals surface area contributed by atoms with Gasteiger partial charge in [0.1, 0.15) is 18.3 Å². The lowest BCUT2D eigenvalue weighted by Gasteiger charge is -2.27. The first-order valence-electron chi connectivity index (χ1n) is 12.8. The van der Waals surface area contributed by atoms with Crippen molar-refractivity contribution in [1.82, 2.24) is 21.3 Å². The minimum atomic E-state index is -0.776. The Bertz CT molecular complexity index is 925. The van der Waals surface area contributed by atoms with E-state index in [4.69, 9.17) is 0 Å². The number of aliphatic hydroxyl groups excluding tert-OH is 1. The highest BCUT2D eigenvalue weighted by molar-refractivity contribution is 14.1. The molecule has 0 fully saturated rings. The summed E-state index contributed by atoms with van der Waals surface area (Å²) in [7, 11) is 0. The van der Waals surface area contributed by atoms with Crippen LogP contribution < -0.4 is 21.3 Å². The lowest BCUT2D eigenvalue weighted by molar-refractivity contribution is -0.133. The molecule has 0 spiro atoms. The zero-order chi connectivity index (χ0) is 27.5. The van der Waals surface area contributed by atoms with E-state index in [9.17, 15) is 19.5 Å². The number of amides is 3. The van der Waals surface area contributed by atoms with E-state index in [2.05, 4.69) is 50.8 Å². The number of alkyl halides is 1. The van der Waals surface area contributed by atoms with E-state index < -0.39 is 24.2 Å². The molecule has 3 amide bonds. The van der Waals surface area contributed by atoms with E-state index in [-0.39, 0.29) is 29.7 Å². The van der Waals surface area contributed by atoms with Crippen molar-refractivity contribution < 1.29 is 19.5 Å². The van der Waals surface area contributed by atoms with Crippen LogP contribution in [-0.4, -0.2) is 69.2 Å². The predicted molar refractivity (Wildman–Crippen MR) is 159 cm³/mol. The average molecular weight is 645 g/mol. The summed E-state index contributed by atoms with van der Waals surface area (Å²) in [5.41, 5.74) is 2.11. The van der Waals surface area contributed by atoms with Crippen LogP contribution in [0.1, 0.15) is 51.7 Å². The van der Waals surface area contributed by atoms with Crippen LogP contribution in [0.15, 0.2) is 36.4 Å². The van der Waals surface area contributed by atoms with Gasteiger partial charge in [-0.1, -0.05) is 73.7 Å². The van der Waals surface area contributed by atoms with Crippen LogP contribution >= 0.6 is 34.4 Å². The Morgan fingerprint density at radius 1 is 1.14 bits per heavy atom. The third-order valence-electron chi connectivity index (χ3n) is 6.11. The molecule has 206 valence electrons. The van der Waals surface area contributed by atoms with E-state index in [0.29, 0.717) is 22.0 Å². The van der Waals surface area contributed by atoms with Gasteiger partial charge in [0.15, 0.2) is 0 Å². The third-order valence-corrected chi connectivity index (χ3v) is 7.61. The van der Waals surface area contributed by atoms with Gasteiger partial charge in [-0.2, -0.15) is 11.8 Å². The molecule has 1 heterocycles. The highest BCUT2D eigenvalue weighted by Gasteiger charge is 2.30. The molecule has 1 aliphatic heterocycles. The van der Waals surface area contributed by atoms with Gasteiger partial charge in [-0.25, -0.2) is 0 Å². The topological polar surface area (TPSA) is 120 Å². The van der Waals surface area contributed by atoms with Crippen molar-refractivity contribution >= 4 is 52.1 Å². The summed E-state index contributed by atoms with van der Waals surface area (Å²) >= 11 is 3.90. The number of aliphatic hydroxyl groups is 1. The quantitative estimate of drug-likeness (QED) is 0.169. The normalized spacial score (nSPS) is 24.5. The number of thioether (sulfide) groups is 1. The molecule has 5 N–H and O–H groups in total. The Labute approximate surface area is 238 Å². The summed E-state index contributed by atoms with van der Waals surface area (Å²) in [4.78, 5) is 39.3. The second-order valence-corrected chi connectivity index (χ2v) is 13.2. The van der Waals surface area contributed by atoms with E-state index in [1.807, 2.05) is 45.0 Å². The average Bonchev–Trinajstić information content (AvgIpc) is 2.83. The molecule has 6 atom stereocenters. The largest absolute Gasteiger partial charge is 0.375 e. The molecule has 0 saturated heterocycles. The van der Waals surface area contributed by atoms with Gasteiger partial charge in [-0.15, -0.1) is 0 Å². The highest BCUT2D eigenvalue weighted by Crippen LogP contribution is 2.19. The van der Waals surface area contributed by atoms with Gasteiger partial charge < -0.3 is 21.1 Å². The molecule has 0 bridgehead atoms. The Balaban J connectivity index is 2.06. The molecule has 2 rings (SSSR count). The summed E-state index contributed by atoms with van der Waals surface area (Å²) in [6.07, 6.45) is 3.49. The Morgan fingerprint density at radius 3 is 2.43 bits per heavy atom. The SMILES string of the molecule is CC(I)Cc1ccc([C@H](C)C(=O)N[C@H](C(=O)N[C@H]2CSCCNC(O)/C=C/[C@H](C)NC2=O)C(C)C)cc1. The molecule has 1 aromatic rings. The van der Waals surface area contributed by atoms with Crippen molar-refractivity contribution in [3.63, 3.8) is 0 Å². The second kappa shape index (κ2) is 15.7. The molecule has 8 nitrogen and oxygen atoms in total. The minimum absolute atomic E-state index is 0.168. The number of rotatable bonds is 8. The summed E-state index contributed by atoms with van der Waals surface area (Å²) in [6, 6.07) is 6.20.